The molecule has 0 aliphatic carbocycles. The third-order valence-corrected chi connectivity index (χ3v) is 3.30. The molecule has 0 radical (unpaired) electrons. The van der Waals surface area contributed by atoms with Gasteiger partial charge in [0.1, 0.15) is 6.07 Å². The van der Waals surface area contributed by atoms with Crippen molar-refractivity contribution in [3.05, 3.63) is 53.6 Å². The third-order valence-electron chi connectivity index (χ3n) is 3.30. The molecule has 96 valence electrons. The van der Waals surface area contributed by atoms with E-state index in [2.05, 4.69) is 37.3 Å². The van der Waals surface area contributed by atoms with Crippen LogP contribution in [-0.2, 0) is 6.42 Å². The summed E-state index contributed by atoms with van der Waals surface area (Å²) in [5, 5.41) is 9.02. The maximum Gasteiger partial charge on any atom is 0.101 e. The maximum atomic E-state index is 9.02. The lowest BCUT2D eigenvalue weighted by Crippen LogP contribution is -2.12. The zero-order valence-corrected chi connectivity index (χ0v) is 11.2. The number of nitrogens with two attached hydrogens (primary N) is 1. The highest BCUT2D eigenvalue weighted by Crippen LogP contribution is 2.30. The van der Waals surface area contributed by atoms with E-state index < -0.39 is 0 Å². The molecule has 2 N–H and O–H groups in total. The smallest absolute Gasteiger partial charge is 0.101 e. The Labute approximate surface area is 113 Å². The second-order valence-corrected chi connectivity index (χ2v) is 4.43. The van der Waals surface area contributed by atoms with Crippen molar-refractivity contribution in [2.75, 3.05) is 17.7 Å². The van der Waals surface area contributed by atoms with E-state index in [1.807, 2.05) is 24.1 Å². The van der Waals surface area contributed by atoms with Crippen LogP contribution in [-0.4, -0.2) is 7.05 Å². The largest absolute Gasteiger partial charge is 0.396 e. The fourth-order valence-corrected chi connectivity index (χ4v) is 2.04. The fraction of sp³-hybridized carbons (Fsp3) is 0.188. The van der Waals surface area contributed by atoms with Gasteiger partial charge in [-0.15, -0.1) is 0 Å². The van der Waals surface area contributed by atoms with Crippen LogP contribution in [0.15, 0.2) is 42.5 Å². The Balaban J connectivity index is 2.38. The molecule has 0 unspecified atom stereocenters. The molecule has 0 bridgehead atoms. The van der Waals surface area contributed by atoms with Crippen LogP contribution in [0, 0.1) is 11.3 Å². The first-order valence-corrected chi connectivity index (χ1v) is 6.28. The molecule has 0 fully saturated rings. The number of nitriles is 1. The SMILES string of the molecule is CCc1ccc(N(C)c2cccc(C#N)c2N)cc1. The summed E-state index contributed by atoms with van der Waals surface area (Å²) < 4.78 is 0. The van der Waals surface area contributed by atoms with Crippen LogP contribution in [0.2, 0.25) is 0 Å². The number of aryl methyl sites for hydroxylation is 1. The number of anilines is 3. The van der Waals surface area contributed by atoms with Crippen LogP contribution in [0.1, 0.15) is 18.1 Å². The van der Waals surface area contributed by atoms with Gasteiger partial charge in [-0.25, -0.2) is 0 Å². The summed E-state index contributed by atoms with van der Waals surface area (Å²) in [6, 6.07) is 16.0. The average Bonchev–Trinajstić information content (AvgIpc) is 2.47. The molecule has 0 aliphatic rings. The Morgan fingerprint density at radius 3 is 2.42 bits per heavy atom. The van der Waals surface area contributed by atoms with Crippen molar-refractivity contribution in [3.8, 4) is 6.07 Å². The molecular formula is C16H17N3. The molecule has 2 rings (SSSR count). The number of nitrogens with zero attached hydrogens (tertiary/aromatic N) is 2. The summed E-state index contributed by atoms with van der Waals surface area (Å²) in [5.74, 6) is 0. The van der Waals surface area contributed by atoms with Gasteiger partial charge < -0.3 is 10.6 Å². The van der Waals surface area contributed by atoms with Gasteiger partial charge in [0.2, 0.25) is 0 Å². The molecule has 0 aliphatic heterocycles. The van der Waals surface area contributed by atoms with E-state index in [-0.39, 0.29) is 0 Å². The van der Waals surface area contributed by atoms with Gasteiger partial charge in [0.25, 0.3) is 0 Å². The number of benzene rings is 2. The van der Waals surface area contributed by atoms with Crippen LogP contribution >= 0.6 is 0 Å². The molecule has 3 nitrogen and oxygen atoms in total. The lowest BCUT2D eigenvalue weighted by Gasteiger charge is -2.22. The quantitative estimate of drug-likeness (QED) is 0.850. The molecule has 3 heteroatoms. The Bertz CT molecular complexity index is 609. The van der Waals surface area contributed by atoms with Gasteiger partial charge in [0.05, 0.1) is 16.9 Å². The van der Waals surface area contributed by atoms with E-state index in [1.54, 1.807) is 6.07 Å². The second-order valence-electron chi connectivity index (χ2n) is 4.43. The van der Waals surface area contributed by atoms with Crippen LogP contribution in [0.4, 0.5) is 17.1 Å². The number of hydrogen-bond donors (Lipinski definition) is 1. The molecule has 0 amide bonds. The maximum absolute atomic E-state index is 9.02. The van der Waals surface area contributed by atoms with Crippen molar-refractivity contribution < 1.29 is 0 Å². The number of hydrogen-bond acceptors (Lipinski definition) is 3. The molecule has 0 heterocycles. The van der Waals surface area contributed by atoms with Gasteiger partial charge in [-0.1, -0.05) is 25.1 Å². The predicted molar refractivity (Wildman–Crippen MR) is 79.5 cm³/mol. The minimum Gasteiger partial charge on any atom is -0.396 e. The summed E-state index contributed by atoms with van der Waals surface area (Å²) in [7, 11) is 1.95. The Morgan fingerprint density at radius 1 is 1.16 bits per heavy atom. The summed E-state index contributed by atoms with van der Waals surface area (Å²) in [4.78, 5) is 2.00. The van der Waals surface area contributed by atoms with E-state index in [9.17, 15) is 0 Å². The van der Waals surface area contributed by atoms with E-state index in [4.69, 9.17) is 11.0 Å². The Kier molecular flexibility index (Phi) is 3.72. The highest BCUT2D eigenvalue weighted by atomic mass is 15.1. The molecule has 2 aromatic rings. The Morgan fingerprint density at radius 2 is 1.84 bits per heavy atom. The lowest BCUT2D eigenvalue weighted by atomic mass is 10.1. The predicted octanol–water partition coefficient (Wildman–Crippen LogP) is 3.47. The van der Waals surface area contributed by atoms with Gasteiger partial charge in [0, 0.05) is 12.7 Å². The highest BCUT2D eigenvalue weighted by molar-refractivity contribution is 5.78. The monoisotopic (exact) mass is 251 g/mol. The van der Waals surface area contributed by atoms with Crippen LogP contribution in [0.5, 0.6) is 0 Å². The first-order chi connectivity index (χ1) is 9.17. The molecule has 0 saturated heterocycles. The molecule has 0 atom stereocenters. The van der Waals surface area contributed by atoms with Crippen molar-refractivity contribution in [1.82, 2.24) is 0 Å². The molecule has 0 spiro atoms. The number of nitrogen functional groups attached to an aromatic ring is 1. The van der Waals surface area contributed by atoms with Gasteiger partial charge in [-0.05, 0) is 36.2 Å². The average molecular weight is 251 g/mol. The zero-order valence-electron chi connectivity index (χ0n) is 11.2. The highest BCUT2D eigenvalue weighted by Gasteiger charge is 2.10. The van der Waals surface area contributed by atoms with E-state index in [0.717, 1.165) is 17.8 Å². The van der Waals surface area contributed by atoms with Crippen molar-refractivity contribution in [1.29, 1.82) is 5.26 Å². The first-order valence-electron chi connectivity index (χ1n) is 6.28. The van der Waals surface area contributed by atoms with E-state index >= 15 is 0 Å². The molecule has 2 aromatic carbocycles. The topological polar surface area (TPSA) is 53.0 Å². The molecule has 19 heavy (non-hydrogen) atoms. The van der Waals surface area contributed by atoms with Crippen LogP contribution < -0.4 is 10.6 Å². The molecule has 0 aromatic heterocycles. The summed E-state index contributed by atoms with van der Waals surface area (Å²) in [6.45, 7) is 2.13. The third kappa shape index (κ3) is 2.53. The Hall–Kier alpha value is -2.47. The van der Waals surface area contributed by atoms with Gasteiger partial charge in [-0.3, -0.25) is 0 Å². The minimum absolute atomic E-state index is 0.509. The summed E-state index contributed by atoms with van der Waals surface area (Å²) in [5.41, 5.74) is 10.3. The van der Waals surface area contributed by atoms with Crippen molar-refractivity contribution in [3.63, 3.8) is 0 Å². The standard InChI is InChI=1S/C16H17N3/c1-3-12-7-9-14(10-8-12)19(2)15-6-4-5-13(11-17)16(15)18/h4-10H,3,18H2,1-2H3. The summed E-state index contributed by atoms with van der Waals surface area (Å²) >= 11 is 0. The summed E-state index contributed by atoms with van der Waals surface area (Å²) in [6.07, 6.45) is 1.02. The minimum atomic E-state index is 0.509. The zero-order chi connectivity index (χ0) is 13.8. The molecular weight excluding hydrogens is 234 g/mol. The van der Waals surface area contributed by atoms with Crippen molar-refractivity contribution in [2.24, 2.45) is 0 Å². The normalized spacial score (nSPS) is 9.95. The van der Waals surface area contributed by atoms with Crippen LogP contribution in [0.3, 0.4) is 0 Å². The number of rotatable bonds is 3. The van der Waals surface area contributed by atoms with Gasteiger partial charge >= 0.3 is 0 Å². The van der Waals surface area contributed by atoms with E-state index in [0.29, 0.717) is 11.3 Å². The van der Waals surface area contributed by atoms with E-state index in [1.165, 1.54) is 5.56 Å². The first kappa shape index (κ1) is 13.0. The fourth-order valence-electron chi connectivity index (χ4n) is 2.04. The van der Waals surface area contributed by atoms with Crippen molar-refractivity contribution >= 4 is 17.1 Å². The second kappa shape index (κ2) is 5.45. The van der Waals surface area contributed by atoms with Crippen molar-refractivity contribution in [2.45, 2.75) is 13.3 Å². The van der Waals surface area contributed by atoms with Gasteiger partial charge in [-0.2, -0.15) is 5.26 Å². The molecule has 0 saturated carbocycles. The van der Waals surface area contributed by atoms with Gasteiger partial charge in [0.15, 0.2) is 0 Å². The lowest BCUT2D eigenvalue weighted by molar-refractivity contribution is 1.13. The number of para-hydroxylation sites is 1. The van der Waals surface area contributed by atoms with Crippen LogP contribution in [0.25, 0.3) is 0 Å².